The van der Waals surface area contributed by atoms with E-state index in [4.69, 9.17) is 0 Å². The summed E-state index contributed by atoms with van der Waals surface area (Å²) in [5, 5.41) is 11.4. The van der Waals surface area contributed by atoms with Gasteiger partial charge in [0.25, 0.3) is 5.65 Å². The van der Waals surface area contributed by atoms with Crippen molar-refractivity contribution >= 4 is 5.65 Å². The quantitative estimate of drug-likeness (QED) is 0.421. The highest BCUT2D eigenvalue weighted by Gasteiger charge is 2.11. The van der Waals surface area contributed by atoms with Crippen molar-refractivity contribution in [3.63, 3.8) is 0 Å². The highest BCUT2D eigenvalue weighted by Crippen LogP contribution is 2.01. The van der Waals surface area contributed by atoms with Crippen LogP contribution >= 0.6 is 0 Å². The van der Waals surface area contributed by atoms with E-state index in [9.17, 15) is 5.21 Å². The van der Waals surface area contributed by atoms with Crippen molar-refractivity contribution in [1.82, 2.24) is 9.50 Å². The third-order valence-electron chi connectivity index (χ3n) is 1.87. The summed E-state index contributed by atoms with van der Waals surface area (Å²) in [7, 11) is 0. The van der Waals surface area contributed by atoms with Gasteiger partial charge in [0, 0.05) is 13.0 Å². The minimum absolute atomic E-state index is 0.476. The van der Waals surface area contributed by atoms with E-state index in [1.54, 1.807) is 6.92 Å². The van der Waals surface area contributed by atoms with E-state index in [1.165, 1.54) is 4.52 Å². The zero-order chi connectivity index (χ0) is 8.72. The summed E-state index contributed by atoms with van der Waals surface area (Å²) in [6.07, 6.45) is 0. The van der Waals surface area contributed by atoms with Crippen LogP contribution in [0.15, 0.2) is 18.2 Å². The third-order valence-corrected chi connectivity index (χ3v) is 1.87. The first kappa shape index (κ1) is 7.09. The second-order valence-corrected chi connectivity index (χ2v) is 2.77. The molecule has 0 radical (unpaired) electrons. The lowest BCUT2D eigenvalue weighted by Gasteiger charge is -2.01. The van der Waals surface area contributed by atoms with Gasteiger partial charge >= 0.3 is 5.82 Å². The molecule has 0 aliphatic heterocycles. The van der Waals surface area contributed by atoms with Crippen molar-refractivity contribution in [1.29, 1.82) is 0 Å². The topological polar surface area (TPSA) is 44.2 Å². The largest absolute Gasteiger partial charge is 0.692 e. The van der Waals surface area contributed by atoms with Gasteiger partial charge in [-0.15, -0.1) is 9.36 Å². The predicted octanol–water partition coefficient (Wildman–Crippen LogP) is 0.585. The molecule has 0 amide bonds. The summed E-state index contributed by atoms with van der Waals surface area (Å²) in [6.45, 7) is 3.57. The molecule has 0 aliphatic carbocycles. The molecule has 0 atom stereocenters. The van der Waals surface area contributed by atoms with Crippen LogP contribution in [0.4, 0.5) is 0 Å². The van der Waals surface area contributed by atoms with Crippen LogP contribution in [0, 0.1) is 19.1 Å². The van der Waals surface area contributed by atoms with Gasteiger partial charge in [0.15, 0.2) is 0 Å². The first-order chi connectivity index (χ1) is 5.70. The van der Waals surface area contributed by atoms with E-state index in [-0.39, 0.29) is 0 Å². The molecule has 2 heterocycles. The summed E-state index contributed by atoms with van der Waals surface area (Å²) in [6, 6.07) is 5.58. The van der Waals surface area contributed by atoms with Crippen LogP contribution in [0.25, 0.3) is 5.65 Å². The van der Waals surface area contributed by atoms with Gasteiger partial charge in [0.1, 0.15) is 0 Å². The maximum atomic E-state index is 11.4. The molecule has 0 bridgehead atoms. The maximum Gasteiger partial charge on any atom is 0.320 e. The van der Waals surface area contributed by atoms with Crippen molar-refractivity contribution < 1.29 is 4.85 Å². The van der Waals surface area contributed by atoms with E-state index >= 15 is 0 Å². The Hall–Kier alpha value is -1.58. The summed E-state index contributed by atoms with van der Waals surface area (Å²) in [4.78, 5) is 4.88. The molecule has 0 N–H and O–H groups in total. The van der Waals surface area contributed by atoms with Gasteiger partial charge in [-0.25, -0.2) is 0 Å². The Labute approximate surface area is 69.6 Å². The lowest BCUT2D eigenvalue weighted by atomic mass is 10.4. The summed E-state index contributed by atoms with van der Waals surface area (Å²) >= 11 is 0. The first-order valence-corrected chi connectivity index (χ1v) is 3.74. The van der Waals surface area contributed by atoms with Gasteiger partial charge in [0.2, 0.25) is 0 Å². The Morgan fingerprint density at radius 3 is 2.83 bits per heavy atom. The van der Waals surface area contributed by atoms with Crippen LogP contribution < -0.4 is 4.85 Å². The molecule has 2 rings (SSSR count). The van der Waals surface area contributed by atoms with Gasteiger partial charge in [-0.1, -0.05) is 6.07 Å². The monoisotopic (exact) mass is 163 g/mol. The predicted molar refractivity (Wildman–Crippen MR) is 43.6 cm³/mol. The Morgan fingerprint density at radius 1 is 1.42 bits per heavy atom. The average molecular weight is 163 g/mol. The molecule has 0 aliphatic rings. The van der Waals surface area contributed by atoms with Gasteiger partial charge < -0.3 is 5.21 Å². The average Bonchev–Trinajstić information content (AvgIpc) is 2.29. The van der Waals surface area contributed by atoms with E-state index in [0.29, 0.717) is 11.5 Å². The van der Waals surface area contributed by atoms with E-state index in [2.05, 4.69) is 4.98 Å². The lowest BCUT2D eigenvalue weighted by molar-refractivity contribution is -0.684. The molecule has 0 saturated heterocycles. The van der Waals surface area contributed by atoms with Crippen molar-refractivity contribution in [3.05, 3.63) is 34.9 Å². The summed E-state index contributed by atoms with van der Waals surface area (Å²) < 4.78 is 1.54. The highest BCUT2D eigenvalue weighted by molar-refractivity contribution is 5.36. The van der Waals surface area contributed by atoms with Crippen LogP contribution in [0.5, 0.6) is 0 Å². The van der Waals surface area contributed by atoms with Gasteiger partial charge in [-0.2, -0.15) is 0 Å². The van der Waals surface area contributed by atoms with Crippen LogP contribution in [0.2, 0.25) is 0 Å². The standard InChI is InChI=1S/C8H9N3O/c1-6-4-3-5-8-9-7(2)11(12)10(6)8/h3-5H,1-2H3. The van der Waals surface area contributed by atoms with E-state index < -0.39 is 0 Å². The molecule has 0 aromatic carbocycles. The van der Waals surface area contributed by atoms with Crippen molar-refractivity contribution in [2.24, 2.45) is 0 Å². The second kappa shape index (κ2) is 2.20. The summed E-state index contributed by atoms with van der Waals surface area (Å²) in [5.41, 5.74) is 1.59. The van der Waals surface area contributed by atoms with Gasteiger partial charge in [-0.05, 0) is 18.0 Å². The molecule has 0 unspecified atom stereocenters. The number of nitrogens with zero attached hydrogens (tertiary/aromatic N) is 3. The molecular formula is C8H9N3O. The Kier molecular flexibility index (Phi) is 1.30. The number of hydrogen-bond acceptors (Lipinski definition) is 2. The summed E-state index contributed by atoms with van der Waals surface area (Å²) in [5.74, 6) is 0.476. The number of fused-ring (bicyclic) bond motifs is 1. The molecule has 4 nitrogen and oxygen atoms in total. The van der Waals surface area contributed by atoms with Crippen molar-refractivity contribution in [2.75, 3.05) is 0 Å². The van der Waals surface area contributed by atoms with Crippen molar-refractivity contribution in [3.8, 4) is 0 Å². The minimum atomic E-state index is 0.476. The van der Waals surface area contributed by atoms with Gasteiger partial charge in [-0.3, -0.25) is 0 Å². The van der Waals surface area contributed by atoms with Crippen LogP contribution in [-0.4, -0.2) is 9.50 Å². The Morgan fingerprint density at radius 2 is 2.17 bits per heavy atom. The van der Waals surface area contributed by atoms with Crippen LogP contribution in [-0.2, 0) is 0 Å². The normalized spacial score (nSPS) is 10.8. The molecule has 2 aromatic heterocycles. The minimum Gasteiger partial charge on any atom is -0.692 e. The Balaban J connectivity index is 2.97. The second-order valence-electron chi connectivity index (χ2n) is 2.77. The molecule has 2 aromatic rings. The molecular weight excluding hydrogens is 154 g/mol. The smallest absolute Gasteiger partial charge is 0.320 e. The maximum absolute atomic E-state index is 11.4. The fourth-order valence-corrected chi connectivity index (χ4v) is 1.27. The SMILES string of the molecule is Cc1cccc2nc(C)[n+]([O-])n12. The molecule has 62 valence electrons. The fourth-order valence-electron chi connectivity index (χ4n) is 1.27. The number of pyridine rings is 1. The third kappa shape index (κ3) is 0.777. The van der Waals surface area contributed by atoms with Crippen LogP contribution in [0.3, 0.4) is 0 Å². The van der Waals surface area contributed by atoms with Crippen molar-refractivity contribution in [2.45, 2.75) is 13.8 Å². The first-order valence-electron chi connectivity index (χ1n) is 3.74. The van der Waals surface area contributed by atoms with Gasteiger partial charge in [0.05, 0.1) is 5.69 Å². The molecule has 0 fully saturated rings. The zero-order valence-electron chi connectivity index (χ0n) is 6.98. The number of aromatic nitrogens is 3. The number of aryl methyl sites for hydroxylation is 2. The van der Waals surface area contributed by atoms with Crippen LogP contribution in [0.1, 0.15) is 11.5 Å². The van der Waals surface area contributed by atoms with E-state index in [1.807, 2.05) is 25.1 Å². The Bertz CT molecular complexity index is 433. The fraction of sp³-hybridized carbons (Fsp3) is 0.250. The van der Waals surface area contributed by atoms with E-state index in [0.717, 1.165) is 10.5 Å². The molecule has 12 heavy (non-hydrogen) atoms. The molecule has 0 saturated carbocycles. The molecule has 4 heteroatoms. The highest BCUT2D eigenvalue weighted by atomic mass is 16.5. The zero-order valence-corrected chi connectivity index (χ0v) is 6.98. The lowest BCUT2D eigenvalue weighted by Crippen LogP contribution is -2.36. The number of rotatable bonds is 0. The number of hydrogen-bond donors (Lipinski definition) is 0. The molecule has 0 spiro atoms.